The number of methoxy groups -OCH3 is 3. The lowest BCUT2D eigenvalue weighted by Crippen LogP contribution is -2.50. The van der Waals surface area contributed by atoms with Gasteiger partial charge in [-0.3, -0.25) is 14.3 Å². The van der Waals surface area contributed by atoms with E-state index < -0.39 is 17.9 Å². The maximum Gasteiger partial charge on any atom is 0.252 e. The molecule has 0 saturated carbocycles. The molecule has 0 unspecified atom stereocenters. The Balaban J connectivity index is 1.78. The summed E-state index contributed by atoms with van der Waals surface area (Å²) in [7, 11) is 6.35. The van der Waals surface area contributed by atoms with Gasteiger partial charge in [0.1, 0.15) is 11.9 Å². The van der Waals surface area contributed by atoms with E-state index in [1.54, 1.807) is 37.0 Å². The van der Waals surface area contributed by atoms with Gasteiger partial charge < -0.3 is 29.6 Å². The number of nitrogens with one attached hydrogen (secondary N) is 2. The number of anilines is 1. The molecule has 2 amide bonds. The average molecular weight is 495 g/mol. The minimum atomic E-state index is -0.913. The number of benzene rings is 2. The van der Waals surface area contributed by atoms with Crippen LogP contribution in [0, 0.1) is 6.92 Å². The molecule has 2 aromatic carbocycles. The molecular formula is C26H30N4O6. The van der Waals surface area contributed by atoms with Crippen molar-refractivity contribution in [3.8, 4) is 23.0 Å². The van der Waals surface area contributed by atoms with Crippen LogP contribution in [0.15, 0.2) is 36.4 Å². The number of rotatable bonds is 8. The van der Waals surface area contributed by atoms with Crippen LogP contribution in [0.3, 0.4) is 0 Å². The molecule has 2 atom stereocenters. The number of hydrogen-bond donors (Lipinski definition) is 2. The summed E-state index contributed by atoms with van der Waals surface area (Å²) in [4.78, 5) is 26.7. The molecule has 0 bridgehead atoms. The fourth-order valence-corrected chi connectivity index (χ4v) is 4.57. The predicted molar refractivity (Wildman–Crippen MR) is 133 cm³/mol. The van der Waals surface area contributed by atoms with Crippen molar-refractivity contribution in [1.29, 1.82) is 0 Å². The third kappa shape index (κ3) is 4.41. The molecule has 0 radical (unpaired) electrons. The summed E-state index contributed by atoms with van der Waals surface area (Å²) in [5.74, 6) is 1.34. The number of aromatic nitrogens is 2. The number of fused-ring (bicyclic) bond motifs is 1. The Morgan fingerprint density at radius 1 is 1.03 bits per heavy atom. The van der Waals surface area contributed by atoms with Gasteiger partial charge in [-0.05, 0) is 49.7 Å². The summed E-state index contributed by atoms with van der Waals surface area (Å²) in [6.45, 7) is 4.25. The summed E-state index contributed by atoms with van der Waals surface area (Å²) in [5, 5.41) is 10.3. The van der Waals surface area contributed by atoms with Gasteiger partial charge in [0.25, 0.3) is 5.91 Å². The van der Waals surface area contributed by atoms with Crippen LogP contribution in [-0.4, -0.2) is 55.6 Å². The first-order valence-electron chi connectivity index (χ1n) is 11.5. The number of nitrogens with zero attached hydrogens (tertiary/aromatic N) is 2. The second kappa shape index (κ2) is 10.2. The lowest BCUT2D eigenvalue weighted by molar-refractivity contribution is -0.118. The second-order valence-electron chi connectivity index (χ2n) is 8.30. The number of carbonyl (C=O) groups is 2. The van der Waals surface area contributed by atoms with E-state index in [0.29, 0.717) is 41.0 Å². The third-order valence-corrected chi connectivity index (χ3v) is 6.22. The van der Waals surface area contributed by atoms with Gasteiger partial charge in [0.05, 0.1) is 33.6 Å². The van der Waals surface area contributed by atoms with Crippen molar-refractivity contribution in [3.05, 3.63) is 58.8 Å². The van der Waals surface area contributed by atoms with Gasteiger partial charge in [-0.15, -0.1) is 0 Å². The summed E-state index contributed by atoms with van der Waals surface area (Å²) < 4.78 is 23.4. The number of amides is 2. The highest BCUT2D eigenvalue weighted by atomic mass is 16.5. The molecule has 10 nitrogen and oxygen atoms in total. The van der Waals surface area contributed by atoms with E-state index in [0.717, 1.165) is 16.8 Å². The maximum atomic E-state index is 13.3. The third-order valence-electron chi connectivity index (χ3n) is 6.22. The molecule has 2 N–H and O–H groups in total. The van der Waals surface area contributed by atoms with Crippen molar-refractivity contribution < 1.29 is 28.5 Å². The van der Waals surface area contributed by atoms with Crippen molar-refractivity contribution in [3.63, 3.8) is 0 Å². The number of aryl methyl sites for hydroxylation is 2. The zero-order chi connectivity index (χ0) is 26.0. The highest BCUT2D eigenvalue weighted by Crippen LogP contribution is 2.42. The lowest BCUT2D eigenvalue weighted by Gasteiger charge is -2.33. The average Bonchev–Trinajstić information content (AvgIpc) is 3.16. The van der Waals surface area contributed by atoms with Crippen molar-refractivity contribution in [1.82, 2.24) is 15.1 Å². The van der Waals surface area contributed by atoms with Crippen LogP contribution in [0.1, 0.15) is 40.0 Å². The van der Waals surface area contributed by atoms with Crippen LogP contribution >= 0.6 is 0 Å². The van der Waals surface area contributed by atoms with Crippen LogP contribution < -0.4 is 29.6 Å². The molecule has 1 aliphatic rings. The van der Waals surface area contributed by atoms with E-state index in [-0.39, 0.29) is 5.91 Å². The van der Waals surface area contributed by atoms with Crippen molar-refractivity contribution in [2.75, 3.05) is 33.3 Å². The highest BCUT2D eigenvalue weighted by Gasteiger charge is 2.41. The van der Waals surface area contributed by atoms with Crippen LogP contribution in [0.25, 0.3) is 0 Å². The van der Waals surface area contributed by atoms with E-state index in [1.165, 1.54) is 14.2 Å². The van der Waals surface area contributed by atoms with Gasteiger partial charge in [-0.25, -0.2) is 0 Å². The van der Waals surface area contributed by atoms with Crippen LogP contribution in [0.5, 0.6) is 23.0 Å². The molecule has 10 heteroatoms. The monoisotopic (exact) mass is 494 g/mol. The van der Waals surface area contributed by atoms with E-state index in [2.05, 4.69) is 15.7 Å². The predicted octanol–water partition coefficient (Wildman–Crippen LogP) is 3.04. The summed E-state index contributed by atoms with van der Waals surface area (Å²) >= 11 is 0. The Morgan fingerprint density at radius 2 is 1.69 bits per heavy atom. The Morgan fingerprint density at radius 3 is 2.36 bits per heavy atom. The van der Waals surface area contributed by atoms with Gasteiger partial charge >= 0.3 is 0 Å². The van der Waals surface area contributed by atoms with Crippen molar-refractivity contribution in [2.45, 2.75) is 25.8 Å². The number of hydrogen-bond acceptors (Lipinski definition) is 7. The maximum absolute atomic E-state index is 13.3. The molecule has 0 aliphatic carbocycles. The van der Waals surface area contributed by atoms with Crippen LogP contribution in [0.2, 0.25) is 0 Å². The van der Waals surface area contributed by atoms with Crippen molar-refractivity contribution >= 4 is 17.6 Å². The SMILES string of the molecule is CCOc1ccc([C@@H]2c3c(C)nn(C)c3NC(=O)[C@H]2NC(=O)c2ccc(OC)c(OC)c2)cc1OC. The molecule has 1 aliphatic heterocycles. The minimum Gasteiger partial charge on any atom is -0.493 e. The van der Waals surface area contributed by atoms with Crippen LogP contribution in [0.4, 0.5) is 5.82 Å². The molecule has 36 heavy (non-hydrogen) atoms. The fraction of sp³-hybridized carbons (Fsp3) is 0.346. The zero-order valence-electron chi connectivity index (χ0n) is 21.2. The molecule has 3 aromatic rings. The molecule has 4 rings (SSSR count). The summed E-state index contributed by atoms with van der Waals surface area (Å²) in [6, 6.07) is 9.44. The molecular weight excluding hydrogens is 464 g/mol. The van der Waals surface area contributed by atoms with Gasteiger partial charge in [0.15, 0.2) is 23.0 Å². The first kappa shape index (κ1) is 24.9. The van der Waals surface area contributed by atoms with Gasteiger partial charge in [-0.1, -0.05) is 6.07 Å². The van der Waals surface area contributed by atoms with Crippen LogP contribution in [-0.2, 0) is 11.8 Å². The van der Waals surface area contributed by atoms with E-state index in [4.69, 9.17) is 18.9 Å². The molecule has 0 fully saturated rings. The molecule has 0 spiro atoms. The second-order valence-corrected chi connectivity index (χ2v) is 8.30. The topological polar surface area (TPSA) is 113 Å². The zero-order valence-corrected chi connectivity index (χ0v) is 21.2. The van der Waals surface area contributed by atoms with E-state index in [9.17, 15) is 9.59 Å². The number of ether oxygens (including phenoxy) is 4. The smallest absolute Gasteiger partial charge is 0.252 e. The molecule has 2 heterocycles. The highest BCUT2D eigenvalue weighted by molar-refractivity contribution is 6.04. The first-order chi connectivity index (χ1) is 17.3. The van der Waals surface area contributed by atoms with Crippen molar-refractivity contribution in [2.24, 2.45) is 7.05 Å². The quantitative estimate of drug-likeness (QED) is 0.495. The Hall–Kier alpha value is -4.21. The van der Waals surface area contributed by atoms with Gasteiger partial charge in [-0.2, -0.15) is 5.10 Å². The Labute approximate surface area is 209 Å². The lowest BCUT2D eigenvalue weighted by atomic mass is 9.81. The summed E-state index contributed by atoms with van der Waals surface area (Å²) in [6.07, 6.45) is 0. The Bertz CT molecular complexity index is 1300. The largest absolute Gasteiger partial charge is 0.493 e. The summed E-state index contributed by atoms with van der Waals surface area (Å²) in [5.41, 5.74) is 2.67. The fourth-order valence-electron chi connectivity index (χ4n) is 4.57. The van der Waals surface area contributed by atoms with Gasteiger partial charge in [0.2, 0.25) is 5.91 Å². The van der Waals surface area contributed by atoms with E-state index in [1.807, 2.05) is 32.0 Å². The molecule has 190 valence electrons. The number of carbonyl (C=O) groups excluding carboxylic acids is 2. The molecule has 0 saturated heterocycles. The standard InChI is InChI=1S/C26H30N4O6/c1-7-36-18-11-8-15(12-20(18)35-6)22-21-14(2)29-30(3)24(21)28-26(32)23(22)27-25(31)16-9-10-17(33-4)19(13-16)34-5/h8-13,22-23H,7H2,1-6H3,(H,27,31)(H,28,32)/t22-,23+/m1/s1. The molecule has 1 aromatic heterocycles. The minimum absolute atomic E-state index is 0.331. The first-order valence-corrected chi connectivity index (χ1v) is 11.5. The Kier molecular flexibility index (Phi) is 7.05. The van der Waals surface area contributed by atoms with E-state index >= 15 is 0 Å². The van der Waals surface area contributed by atoms with Gasteiger partial charge in [0, 0.05) is 24.1 Å². The normalized spacial score (nSPS) is 16.6.